The summed E-state index contributed by atoms with van der Waals surface area (Å²) in [5.41, 5.74) is 0. The number of carbonyl (C=O) groups is 1. The Morgan fingerprint density at radius 1 is 1.55 bits per heavy atom. The van der Waals surface area contributed by atoms with Crippen LogP contribution in [-0.4, -0.2) is 12.3 Å². The van der Waals surface area contributed by atoms with E-state index in [9.17, 15) is 4.79 Å². The third-order valence-corrected chi connectivity index (χ3v) is 0.918. The van der Waals surface area contributed by atoms with Gasteiger partial charge in [0, 0.05) is 0 Å². The van der Waals surface area contributed by atoms with Gasteiger partial charge in [-0.3, -0.25) is 0 Å². The number of hydrogen-bond acceptors (Lipinski definition) is 3. The molecule has 0 spiro atoms. The van der Waals surface area contributed by atoms with Crippen LogP contribution in [-0.2, 0) is 9.47 Å². The number of hydrogen-bond donors (Lipinski definition) is 0. The number of ether oxygens (including phenoxy) is 2. The second kappa shape index (κ2) is 6.01. The van der Waals surface area contributed by atoms with Gasteiger partial charge in [0.2, 0.25) is 0 Å². The zero-order valence-electron chi connectivity index (χ0n) is 7.29. The normalized spacial score (nSPS) is 9.82. The van der Waals surface area contributed by atoms with Crippen molar-refractivity contribution < 1.29 is 14.3 Å². The van der Waals surface area contributed by atoms with Gasteiger partial charge in [-0.2, -0.15) is 0 Å². The molecule has 0 unspecified atom stereocenters. The lowest BCUT2D eigenvalue weighted by atomic mass is 10.4. The summed E-state index contributed by atoms with van der Waals surface area (Å²) in [7, 11) is 0. The first kappa shape index (κ1) is 10.3. The van der Waals surface area contributed by atoms with E-state index in [1.54, 1.807) is 13.8 Å². The minimum absolute atomic E-state index is 0.113. The fraction of sp³-hybridized carbons (Fsp3) is 0.750. The quantitative estimate of drug-likeness (QED) is 0.467. The molecule has 0 saturated carbocycles. The Kier molecular flexibility index (Phi) is 5.61. The van der Waals surface area contributed by atoms with E-state index in [-0.39, 0.29) is 6.10 Å². The second-order valence-electron chi connectivity index (χ2n) is 2.49. The highest BCUT2D eigenvalue weighted by molar-refractivity contribution is 5.60. The minimum Gasteiger partial charge on any atom is -0.432 e. The van der Waals surface area contributed by atoms with Gasteiger partial charge in [-0.15, -0.1) is 0 Å². The SMILES string of the molecule is CCC[CH]OC(=O)OC(C)C. The summed E-state index contributed by atoms with van der Waals surface area (Å²) in [5.74, 6) is 0. The van der Waals surface area contributed by atoms with Gasteiger partial charge in [-0.05, 0) is 20.3 Å². The molecule has 0 bridgehead atoms. The Hall–Kier alpha value is -0.730. The molecule has 0 aliphatic carbocycles. The fourth-order valence-electron chi connectivity index (χ4n) is 0.465. The lowest BCUT2D eigenvalue weighted by molar-refractivity contribution is 0.0493. The number of rotatable bonds is 4. The lowest BCUT2D eigenvalue weighted by Gasteiger charge is -2.06. The highest BCUT2D eigenvalue weighted by Gasteiger charge is 2.04. The van der Waals surface area contributed by atoms with Crippen molar-refractivity contribution in [3.05, 3.63) is 6.61 Å². The van der Waals surface area contributed by atoms with E-state index in [2.05, 4.69) is 4.74 Å². The van der Waals surface area contributed by atoms with E-state index in [0.717, 1.165) is 12.8 Å². The van der Waals surface area contributed by atoms with Gasteiger partial charge in [-0.1, -0.05) is 13.3 Å². The highest BCUT2D eigenvalue weighted by Crippen LogP contribution is 1.98. The van der Waals surface area contributed by atoms with Crippen LogP contribution in [0.1, 0.15) is 33.6 Å². The third kappa shape index (κ3) is 7.16. The van der Waals surface area contributed by atoms with Crippen LogP contribution < -0.4 is 0 Å². The van der Waals surface area contributed by atoms with Crippen LogP contribution in [0.25, 0.3) is 0 Å². The molecular weight excluding hydrogens is 144 g/mol. The Balaban J connectivity index is 3.23. The van der Waals surface area contributed by atoms with Gasteiger partial charge in [-0.25, -0.2) is 4.79 Å². The number of carbonyl (C=O) groups excluding carboxylic acids is 1. The first-order valence-electron chi connectivity index (χ1n) is 3.85. The smallest absolute Gasteiger partial charge is 0.432 e. The Morgan fingerprint density at radius 3 is 2.64 bits per heavy atom. The van der Waals surface area contributed by atoms with E-state index in [4.69, 9.17) is 4.74 Å². The topological polar surface area (TPSA) is 35.5 Å². The van der Waals surface area contributed by atoms with Crippen LogP contribution in [0, 0.1) is 6.61 Å². The monoisotopic (exact) mass is 159 g/mol. The predicted molar refractivity (Wildman–Crippen MR) is 41.9 cm³/mol. The summed E-state index contributed by atoms with van der Waals surface area (Å²) in [5, 5.41) is 0. The molecule has 3 nitrogen and oxygen atoms in total. The first-order valence-corrected chi connectivity index (χ1v) is 3.85. The molecule has 0 rings (SSSR count). The third-order valence-electron chi connectivity index (χ3n) is 0.918. The zero-order chi connectivity index (χ0) is 8.69. The predicted octanol–water partition coefficient (Wildman–Crippen LogP) is 2.51. The Bertz CT molecular complexity index is 110. The molecule has 65 valence electrons. The molecular formula is C8H15O3. The van der Waals surface area contributed by atoms with Crippen LogP contribution in [0.5, 0.6) is 0 Å². The Morgan fingerprint density at radius 2 is 2.18 bits per heavy atom. The fourth-order valence-corrected chi connectivity index (χ4v) is 0.465. The highest BCUT2D eigenvalue weighted by atomic mass is 16.7. The molecule has 0 fully saturated rings. The average Bonchev–Trinajstić information content (AvgIpc) is 1.86. The maximum atomic E-state index is 10.7. The Labute approximate surface area is 67.7 Å². The molecule has 11 heavy (non-hydrogen) atoms. The summed E-state index contributed by atoms with van der Waals surface area (Å²) >= 11 is 0. The molecule has 0 heterocycles. The first-order chi connectivity index (χ1) is 5.16. The molecule has 0 aromatic rings. The summed E-state index contributed by atoms with van der Waals surface area (Å²) in [6, 6.07) is 0. The van der Waals surface area contributed by atoms with Crippen LogP contribution in [0.2, 0.25) is 0 Å². The van der Waals surface area contributed by atoms with Crippen molar-refractivity contribution in [2.45, 2.75) is 39.7 Å². The minimum atomic E-state index is -0.617. The second-order valence-corrected chi connectivity index (χ2v) is 2.49. The molecule has 0 amide bonds. The van der Waals surface area contributed by atoms with E-state index in [0.29, 0.717) is 0 Å². The van der Waals surface area contributed by atoms with Gasteiger partial charge in [0.1, 0.15) is 6.61 Å². The van der Waals surface area contributed by atoms with Crippen molar-refractivity contribution >= 4 is 6.16 Å². The zero-order valence-corrected chi connectivity index (χ0v) is 7.29. The van der Waals surface area contributed by atoms with Crippen molar-refractivity contribution in [2.75, 3.05) is 0 Å². The molecule has 0 aromatic carbocycles. The van der Waals surface area contributed by atoms with Crippen LogP contribution in [0.15, 0.2) is 0 Å². The summed E-state index contributed by atoms with van der Waals surface area (Å²) < 4.78 is 9.31. The van der Waals surface area contributed by atoms with Gasteiger partial charge >= 0.3 is 6.16 Å². The lowest BCUT2D eigenvalue weighted by Crippen LogP contribution is -2.11. The number of unbranched alkanes of at least 4 members (excludes halogenated alkanes) is 1. The molecule has 3 heteroatoms. The maximum absolute atomic E-state index is 10.7. The maximum Gasteiger partial charge on any atom is 0.508 e. The summed E-state index contributed by atoms with van der Waals surface area (Å²) in [6.45, 7) is 7.03. The van der Waals surface area contributed by atoms with Crippen molar-refractivity contribution in [3.63, 3.8) is 0 Å². The molecule has 0 saturated heterocycles. The molecule has 0 aliphatic heterocycles. The van der Waals surface area contributed by atoms with Gasteiger partial charge in [0.15, 0.2) is 0 Å². The summed E-state index contributed by atoms with van der Waals surface area (Å²) in [4.78, 5) is 10.7. The standard InChI is InChI=1S/C8H15O3/c1-4-5-6-10-8(9)11-7(2)3/h6-7H,4-5H2,1-3H3. The van der Waals surface area contributed by atoms with Crippen LogP contribution >= 0.6 is 0 Å². The van der Waals surface area contributed by atoms with Crippen LogP contribution in [0.4, 0.5) is 4.79 Å². The van der Waals surface area contributed by atoms with E-state index < -0.39 is 6.16 Å². The van der Waals surface area contributed by atoms with Crippen molar-refractivity contribution in [1.82, 2.24) is 0 Å². The van der Waals surface area contributed by atoms with E-state index in [1.807, 2.05) is 6.92 Å². The van der Waals surface area contributed by atoms with E-state index in [1.165, 1.54) is 6.61 Å². The van der Waals surface area contributed by atoms with Crippen LogP contribution in [0.3, 0.4) is 0 Å². The average molecular weight is 159 g/mol. The van der Waals surface area contributed by atoms with Gasteiger partial charge < -0.3 is 9.47 Å². The van der Waals surface area contributed by atoms with Gasteiger partial charge in [0.25, 0.3) is 0 Å². The van der Waals surface area contributed by atoms with Gasteiger partial charge in [0.05, 0.1) is 6.10 Å². The summed E-state index contributed by atoms with van der Waals surface area (Å²) in [6.07, 6.45) is 1.01. The molecule has 0 aromatic heterocycles. The van der Waals surface area contributed by atoms with Crippen molar-refractivity contribution in [3.8, 4) is 0 Å². The molecule has 0 atom stereocenters. The molecule has 0 aliphatic rings. The van der Waals surface area contributed by atoms with Crippen molar-refractivity contribution in [2.24, 2.45) is 0 Å². The molecule has 0 N–H and O–H groups in total. The van der Waals surface area contributed by atoms with Crippen molar-refractivity contribution in [1.29, 1.82) is 0 Å². The molecule has 1 radical (unpaired) electrons. The van der Waals surface area contributed by atoms with E-state index >= 15 is 0 Å². The largest absolute Gasteiger partial charge is 0.508 e.